The SMILES string of the molecule is CCc1ccnc2c(OC)cc(OC)cc12. The van der Waals surface area contributed by atoms with Crippen molar-refractivity contribution in [3.8, 4) is 11.5 Å². The first kappa shape index (κ1) is 10.7. The van der Waals surface area contributed by atoms with Crippen LogP contribution in [0.15, 0.2) is 24.4 Å². The van der Waals surface area contributed by atoms with E-state index in [9.17, 15) is 0 Å². The monoisotopic (exact) mass is 217 g/mol. The van der Waals surface area contributed by atoms with Crippen LogP contribution in [0.2, 0.25) is 0 Å². The lowest BCUT2D eigenvalue weighted by Crippen LogP contribution is -1.93. The number of hydrogen-bond acceptors (Lipinski definition) is 3. The van der Waals surface area contributed by atoms with Gasteiger partial charge in [0.15, 0.2) is 0 Å². The summed E-state index contributed by atoms with van der Waals surface area (Å²) in [4.78, 5) is 4.36. The fraction of sp³-hybridized carbons (Fsp3) is 0.308. The Bertz CT molecular complexity index is 509. The van der Waals surface area contributed by atoms with Gasteiger partial charge in [0.2, 0.25) is 0 Å². The van der Waals surface area contributed by atoms with E-state index < -0.39 is 0 Å². The predicted molar refractivity (Wildman–Crippen MR) is 64.2 cm³/mol. The average Bonchev–Trinajstić information content (AvgIpc) is 2.36. The van der Waals surface area contributed by atoms with Crippen molar-refractivity contribution in [3.63, 3.8) is 0 Å². The normalized spacial score (nSPS) is 10.4. The van der Waals surface area contributed by atoms with Gasteiger partial charge in [-0.1, -0.05) is 6.92 Å². The van der Waals surface area contributed by atoms with Crippen LogP contribution in [0.25, 0.3) is 10.9 Å². The molecule has 0 unspecified atom stereocenters. The van der Waals surface area contributed by atoms with Crippen molar-refractivity contribution in [2.24, 2.45) is 0 Å². The molecule has 0 atom stereocenters. The van der Waals surface area contributed by atoms with Gasteiger partial charge in [-0.2, -0.15) is 0 Å². The highest BCUT2D eigenvalue weighted by Gasteiger charge is 2.08. The number of ether oxygens (including phenoxy) is 2. The molecule has 0 radical (unpaired) electrons. The van der Waals surface area contributed by atoms with E-state index in [4.69, 9.17) is 9.47 Å². The highest BCUT2D eigenvalue weighted by molar-refractivity contribution is 5.88. The Morgan fingerprint density at radius 3 is 2.62 bits per heavy atom. The molecular formula is C13H15NO2. The summed E-state index contributed by atoms with van der Waals surface area (Å²) in [5.41, 5.74) is 2.14. The lowest BCUT2D eigenvalue weighted by atomic mass is 10.1. The molecule has 0 N–H and O–H groups in total. The summed E-state index contributed by atoms with van der Waals surface area (Å²) in [7, 11) is 3.30. The second-order valence-electron chi connectivity index (χ2n) is 3.55. The molecular weight excluding hydrogens is 202 g/mol. The van der Waals surface area contributed by atoms with Gasteiger partial charge in [-0.15, -0.1) is 0 Å². The fourth-order valence-electron chi connectivity index (χ4n) is 1.83. The van der Waals surface area contributed by atoms with Gasteiger partial charge in [-0.3, -0.25) is 4.98 Å². The van der Waals surface area contributed by atoms with Crippen molar-refractivity contribution < 1.29 is 9.47 Å². The number of aromatic nitrogens is 1. The number of benzene rings is 1. The lowest BCUT2D eigenvalue weighted by Gasteiger charge is -2.10. The minimum Gasteiger partial charge on any atom is -0.497 e. The van der Waals surface area contributed by atoms with Crippen molar-refractivity contribution >= 4 is 10.9 Å². The molecule has 0 fully saturated rings. The Morgan fingerprint density at radius 2 is 2.00 bits per heavy atom. The van der Waals surface area contributed by atoms with E-state index in [2.05, 4.69) is 11.9 Å². The van der Waals surface area contributed by atoms with Gasteiger partial charge < -0.3 is 9.47 Å². The number of fused-ring (bicyclic) bond motifs is 1. The summed E-state index contributed by atoms with van der Waals surface area (Å²) in [5, 5.41) is 1.10. The molecule has 16 heavy (non-hydrogen) atoms. The van der Waals surface area contributed by atoms with Gasteiger partial charge >= 0.3 is 0 Å². The molecule has 1 aromatic carbocycles. The summed E-state index contributed by atoms with van der Waals surface area (Å²) in [6.07, 6.45) is 2.78. The van der Waals surface area contributed by atoms with E-state index in [0.29, 0.717) is 0 Å². The van der Waals surface area contributed by atoms with Gasteiger partial charge in [-0.25, -0.2) is 0 Å². The highest BCUT2D eigenvalue weighted by atomic mass is 16.5. The van der Waals surface area contributed by atoms with Gasteiger partial charge in [0.05, 0.1) is 14.2 Å². The summed E-state index contributed by atoms with van der Waals surface area (Å²) in [6.45, 7) is 2.13. The largest absolute Gasteiger partial charge is 0.497 e. The molecule has 0 aliphatic heterocycles. The van der Waals surface area contributed by atoms with E-state index in [1.807, 2.05) is 24.4 Å². The Labute approximate surface area is 95.0 Å². The smallest absolute Gasteiger partial charge is 0.148 e. The Morgan fingerprint density at radius 1 is 1.19 bits per heavy atom. The molecule has 1 heterocycles. The molecule has 0 aliphatic carbocycles. The Kier molecular flexibility index (Phi) is 2.95. The minimum absolute atomic E-state index is 0.754. The van der Waals surface area contributed by atoms with E-state index in [-0.39, 0.29) is 0 Å². The molecule has 84 valence electrons. The van der Waals surface area contributed by atoms with E-state index >= 15 is 0 Å². The molecule has 1 aromatic heterocycles. The molecule has 0 amide bonds. The zero-order chi connectivity index (χ0) is 11.5. The van der Waals surface area contributed by atoms with Crippen LogP contribution in [0.3, 0.4) is 0 Å². The summed E-state index contributed by atoms with van der Waals surface area (Å²) in [6, 6.07) is 5.89. The highest BCUT2D eigenvalue weighted by Crippen LogP contribution is 2.31. The van der Waals surface area contributed by atoms with E-state index in [0.717, 1.165) is 28.8 Å². The van der Waals surface area contributed by atoms with Crippen molar-refractivity contribution in [2.45, 2.75) is 13.3 Å². The van der Waals surface area contributed by atoms with Crippen LogP contribution in [0.1, 0.15) is 12.5 Å². The van der Waals surface area contributed by atoms with Crippen molar-refractivity contribution in [1.82, 2.24) is 4.98 Å². The van der Waals surface area contributed by atoms with Crippen LogP contribution in [-0.4, -0.2) is 19.2 Å². The molecule has 0 spiro atoms. The number of methoxy groups -OCH3 is 2. The first-order valence-corrected chi connectivity index (χ1v) is 5.29. The third-order valence-corrected chi connectivity index (χ3v) is 2.71. The molecule has 0 bridgehead atoms. The van der Waals surface area contributed by atoms with Crippen molar-refractivity contribution in [1.29, 1.82) is 0 Å². The van der Waals surface area contributed by atoms with Crippen molar-refractivity contribution in [3.05, 3.63) is 30.0 Å². The summed E-state index contributed by atoms with van der Waals surface area (Å²) in [5.74, 6) is 1.55. The van der Waals surface area contributed by atoms with E-state index in [1.54, 1.807) is 14.2 Å². The topological polar surface area (TPSA) is 31.4 Å². The van der Waals surface area contributed by atoms with Crippen LogP contribution in [-0.2, 0) is 6.42 Å². The molecule has 0 saturated carbocycles. The Balaban J connectivity index is 2.78. The lowest BCUT2D eigenvalue weighted by molar-refractivity contribution is 0.397. The number of hydrogen-bond donors (Lipinski definition) is 0. The van der Waals surface area contributed by atoms with Crippen LogP contribution < -0.4 is 9.47 Å². The van der Waals surface area contributed by atoms with Crippen molar-refractivity contribution in [2.75, 3.05) is 14.2 Å². The number of rotatable bonds is 3. The molecule has 3 nitrogen and oxygen atoms in total. The Hall–Kier alpha value is -1.77. The van der Waals surface area contributed by atoms with Gasteiger partial charge in [-0.05, 0) is 24.1 Å². The van der Waals surface area contributed by atoms with Gasteiger partial charge in [0, 0.05) is 17.6 Å². The molecule has 0 saturated heterocycles. The maximum Gasteiger partial charge on any atom is 0.148 e. The standard InChI is InChI=1S/C13H15NO2/c1-4-9-5-6-14-13-11(9)7-10(15-2)8-12(13)16-3/h5-8H,4H2,1-3H3. The van der Waals surface area contributed by atoms with Gasteiger partial charge in [0.1, 0.15) is 17.0 Å². The van der Waals surface area contributed by atoms with Gasteiger partial charge in [0.25, 0.3) is 0 Å². The third-order valence-electron chi connectivity index (χ3n) is 2.71. The van der Waals surface area contributed by atoms with E-state index in [1.165, 1.54) is 5.56 Å². The van der Waals surface area contributed by atoms with Crippen LogP contribution in [0, 0.1) is 0 Å². The quantitative estimate of drug-likeness (QED) is 0.792. The van der Waals surface area contributed by atoms with Crippen LogP contribution in [0.5, 0.6) is 11.5 Å². The van der Waals surface area contributed by atoms with Crippen LogP contribution in [0.4, 0.5) is 0 Å². The summed E-state index contributed by atoms with van der Waals surface area (Å²) >= 11 is 0. The average molecular weight is 217 g/mol. The predicted octanol–water partition coefficient (Wildman–Crippen LogP) is 2.81. The second-order valence-corrected chi connectivity index (χ2v) is 3.55. The fourth-order valence-corrected chi connectivity index (χ4v) is 1.83. The summed E-state index contributed by atoms with van der Waals surface area (Å²) < 4.78 is 10.6. The minimum atomic E-state index is 0.754. The first-order valence-electron chi connectivity index (χ1n) is 5.29. The number of nitrogens with zero attached hydrogens (tertiary/aromatic N) is 1. The van der Waals surface area contributed by atoms with Crippen LogP contribution >= 0.6 is 0 Å². The zero-order valence-corrected chi connectivity index (χ0v) is 9.78. The maximum absolute atomic E-state index is 5.33. The molecule has 2 rings (SSSR count). The number of aryl methyl sites for hydroxylation is 1. The first-order chi connectivity index (χ1) is 7.80. The molecule has 0 aliphatic rings. The second kappa shape index (κ2) is 4.39. The molecule has 3 heteroatoms. The number of pyridine rings is 1. The molecule has 2 aromatic rings. The third kappa shape index (κ3) is 1.69. The zero-order valence-electron chi connectivity index (χ0n) is 9.78. The maximum atomic E-state index is 5.33.